The van der Waals surface area contributed by atoms with Gasteiger partial charge in [-0.3, -0.25) is 0 Å². The van der Waals surface area contributed by atoms with Crippen molar-refractivity contribution in [2.24, 2.45) is 5.41 Å². The lowest BCUT2D eigenvalue weighted by atomic mass is 9.80. The van der Waals surface area contributed by atoms with E-state index in [2.05, 4.69) is 31.2 Å². The summed E-state index contributed by atoms with van der Waals surface area (Å²) in [5.41, 5.74) is 1.64. The summed E-state index contributed by atoms with van der Waals surface area (Å²) in [6, 6.07) is 20.5. The molecule has 2 heterocycles. The molecule has 3 aliphatic rings. The fourth-order valence-corrected chi connectivity index (χ4v) is 4.86. The van der Waals surface area contributed by atoms with E-state index in [-0.39, 0.29) is 17.6 Å². The maximum atomic E-state index is 6.68. The van der Waals surface area contributed by atoms with Crippen LogP contribution < -0.4 is 0 Å². The third kappa shape index (κ3) is 4.06. The van der Waals surface area contributed by atoms with Gasteiger partial charge in [0, 0.05) is 5.41 Å². The maximum absolute atomic E-state index is 6.68. The van der Waals surface area contributed by atoms with E-state index >= 15 is 0 Å². The molecule has 166 valence electrons. The molecule has 2 saturated heterocycles. The van der Waals surface area contributed by atoms with E-state index in [0.717, 1.165) is 24.0 Å². The second-order valence-corrected chi connectivity index (χ2v) is 9.73. The first-order valence-electron chi connectivity index (χ1n) is 11.2. The van der Waals surface area contributed by atoms with Crippen LogP contribution in [0.4, 0.5) is 0 Å². The van der Waals surface area contributed by atoms with Gasteiger partial charge in [-0.05, 0) is 37.8 Å². The molecule has 4 atom stereocenters. The van der Waals surface area contributed by atoms with Crippen LogP contribution in [0.25, 0.3) is 0 Å². The van der Waals surface area contributed by atoms with Crippen LogP contribution in [-0.4, -0.2) is 36.5 Å². The molecular formula is C26H32O5. The Morgan fingerprint density at radius 2 is 1.42 bits per heavy atom. The highest BCUT2D eigenvalue weighted by Gasteiger charge is 2.71. The lowest BCUT2D eigenvalue weighted by Crippen LogP contribution is -2.55. The molecule has 0 spiro atoms. The highest BCUT2D eigenvalue weighted by atomic mass is 16.8. The lowest BCUT2D eigenvalue weighted by Gasteiger charge is -2.41. The summed E-state index contributed by atoms with van der Waals surface area (Å²) in [7, 11) is 0. The first-order chi connectivity index (χ1) is 14.9. The van der Waals surface area contributed by atoms with Crippen LogP contribution in [0.5, 0.6) is 0 Å². The molecule has 0 bridgehead atoms. The number of hydrogen-bond acceptors (Lipinski definition) is 5. The monoisotopic (exact) mass is 424 g/mol. The van der Waals surface area contributed by atoms with E-state index in [4.69, 9.17) is 23.7 Å². The van der Waals surface area contributed by atoms with E-state index < -0.39 is 17.7 Å². The third-order valence-corrected chi connectivity index (χ3v) is 6.89. The Hall–Kier alpha value is -1.76. The van der Waals surface area contributed by atoms with Gasteiger partial charge in [-0.1, -0.05) is 67.6 Å². The van der Waals surface area contributed by atoms with Crippen molar-refractivity contribution in [1.82, 2.24) is 0 Å². The summed E-state index contributed by atoms with van der Waals surface area (Å²) in [4.78, 5) is 0. The Morgan fingerprint density at radius 3 is 2.03 bits per heavy atom. The van der Waals surface area contributed by atoms with Crippen LogP contribution in [0.15, 0.2) is 60.7 Å². The zero-order chi connectivity index (χ0) is 21.5. The predicted octanol–water partition coefficient (Wildman–Crippen LogP) is 4.84. The van der Waals surface area contributed by atoms with Gasteiger partial charge in [-0.15, -0.1) is 0 Å². The third-order valence-electron chi connectivity index (χ3n) is 6.89. The van der Waals surface area contributed by atoms with Crippen molar-refractivity contribution in [2.75, 3.05) is 6.61 Å². The molecule has 5 heteroatoms. The van der Waals surface area contributed by atoms with E-state index in [1.54, 1.807) is 0 Å². The van der Waals surface area contributed by atoms with Crippen molar-refractivity contribution in [2.45, 2.75) is 76.7 Å². The van der Waals surface area contributed by atoms with E-state index in [1.165, 1.54) is 0 Å². The predicted molar refractivity (Wildman–Crippen MR) is 116 cm³/mol. The Morgan fingerprint density at radius 1 is 0.806 bits per heavy atom. The van der Waals surface area contributed by atoms with Gasteiger partial charge in [-0.25, -0.2) is 0 Å². The summed E-state index contributed by atoms with van der Waals surface area (Å²) in [6.45, 7) is 7.60. The van der Waals surface area contributed by atoms with Crippen molar-refractivity contribution in [3.8, 4) is 0 Å². The Kier molecular flexibility index (Phi) is 5.43. The smallest absolute Gasteiger partial charge is 0.190 e. The molecule has 0 aromatic heterocycles. The Bertz CT molecular complexity index is 879. The van der Waals surface area contributed by atoms with Crippen molar-refractivity contribution in [1.29, 1.82) is 0 Å². The number of benzene rings is 2. The molecule has 3 fully saturated rings. The zero-order valence-corrected chi connectivity index (χ0v) is 18.6. The molecule has 1 aliphatic carbocycles. The molecule has 0 amide bonds. The van der Waals surface area contributed by atoms with Gasteiger partial charge in [-0.2, -0.15) is 0 Å². The van der Waals surface area contributed by atoms with Gasteiger partial charge in [0.1, 0.15) is 17.8 Å². The average molecular weight is 425 g/mol. The van der Waals surface area contributed by atoms with E-state index in [0.29, 0.717) is 19.8 Å². The molecule has 1 saturated carbocycles. The normalized spacial score (nSPS) is 32.7. The van der Waals surface area contributed by atoms with Crippen molar-refractivity contribution < 1.29 is 23.7 Å². The topological polar surface area (TPSA) is 46.2 Å². The number of rotatable bonds is 8. The summed E-state index contributed by atoms with van der Waals surface area (Å²) in [5, 5.41) is 0. The molecule has 3 unspecified atom stereocenters. The van der Waals surface area contributed by atoms with Crippen molar-refractivity contribution >= 4 is 0 Å². The van der Waals surface area contributed by atoms with E-state index in [1.807, 2.05) is 50.2 Å². The van der Waals surface area contributed by atoms with Gasteiger partial charge in [0.05, 0.1) is 19.8 Å². The summed E-state index contributed by atoms with van der Waals surface area (Å²) < 4.78 is 31.9. The fourth-order valence-electron chi connectivity index (χ4n) is 4.86. The number of fused-ring (bicyclic) bond motifs is 1. The minimum absolute atomic E-state index is 0.0216. The van der Waals surface area contributed by atoms with Gasteiger partial charge in [0.15, 0.2) is 12.1 Å². The highest BCUT2D eigenvalue weighted by molar-refractivity contribution is 5.19. The van der Waals surface area contributed by atoms with Crippen LogP contribution in [0.3, 0.4) is 0 Å². The quantitative estimate of drug-likeness (QED) is 0.607. The molecule has 0 radical (unpaired) electrons. The largest absolute Gasteiger partial charge is 0.374 e. The summed E-state index contributed by atoms with van der Waals surface area (Å²) >= 11 is 0. The lowest BCUT2D eigenvalue weighted by molar-refractivity contribution is -0.270. The summed E-state index contributed by atoms with van der Waals surface area (Å²) in [5.74, 6) is -0.689. The first kappa shape index (κ1) is 21.1. The standard InChI is InChI=1S/C26H32O5/c1-24(2)29-21-22(28-17-20-12-8-5-9-13-20)26(25(3)14-15-25,31-23(21)30-24)18-27-16-19-10-6-4-7-11-19/h4-13,21-23H,14-18H2,1-3H3/t21?,22?,23?,26-/m1/s1. The molecule has 0 N–H and O–H groups in total. The van der Waals surface area contributed by atoms with Gasteiger partial charge < -0.3 is 23.7 Å². The van der Waals surface area contributed by atoms with Crippen LogP contribution in [-0.2, 0) is 36.9 Å². The fraction of sp³-hybridized carbons (Fsp3) is 0.538. The number of ether oxygens (including phenoxy) is 5. The van der Waals surface area contributed by atoms with Crippen LogP contribution in [0, 0.1) is 5.41 Å². The van der Waals surface area contributed by atoms with Crippen LogP contribution in [0.2, 0.25) is 0 Å². The van der Waals surface area contributed by atoms with Gasteiger partial charge >= 0.3 is 0 Å². The van der Waals surface area contributed by atoms with Crippen molar-refractivity contribution in [3.63, 3.8) is 0 Å². The second kappa shape index (κ2) is 7.98. The van der Waals surface area contributed by atoms with Crippen LogP contribution in [0.1, 0.15) is 44.7 Å². The average Bonchev–Trinajstić information content (AvgIpc) is 3.36. The highest BCUT2D eigenvalue weighted by Crippen LogP contribution is 2.62. The zero-order valence-electron chi connectivity index (χ0n) is 18.6. The van der Waals surface area contributed by atoms with Crippen molar-refractivity contribution in [3.05, 3.63) is 71.8 Å². The molecule has 31 heavy (non-hydrogen) atoms. The van der Waals surface area contributed by atoms with Gasteiger partial charge in [0.25, 0.3) is 0 Å². The molecule has 5 nitrogen and oxygen atoms in total. The maximum Gasteiger partial charge on any atom is 0.190 e. The number of hydrogen-bond donors (Lipinski definition) is 0. The minimum atomic E-state index is -0.689. The SMILES string of the molecule is CC1(C)OC2O[C@@](COCc3ccccc3)(C3(C)CC3)C(OCc3ccccc3)C2O1. The molecular weight excluding hydrogens is 392 g/mol. The molecule has 2 aromatic rings. The first-order valence-corrected chi connectivity index (χ1v) is 11.2. The Balaban J connectivity index is 1.39. The molecule has 2 aliphatic heterocycles. The van der Waals surface area contributed by atoms with Gasteiger partial charge in [0.2, 0.25) is 0 Å². The Labute approximate surface area is 184 Å². The van der Waals surface area contributed by atoms with Crippen LogP contribution >= 0.6 is 0 Å². The minimum Gasteiger partial charge on any atom is -0.374 e. The van der Waals surface area contributed by atoms with E-state index in [9.17, 15) is 0 Å². The summed E-state index contributed by atoms with van der Waals surface area (Å²) in [6.07, 6.45) is 1.15. The second-order valence-electron chi connectivity index (χ2n) is 9.73. The molecule has 2 aromatic carbocycles. The molecule has 5 rings (SSSR count).